The fourth-order valence-corrected chi connectivity index (χ4v) is 5.67. The summed E-state index contributed by atoms with van der Waals surface area (Å²) in [6.07, 6.45) is 4.77. The van der Waals surface area contributed by atoms with E-state index in [1.807, 2.05) is 25.1 Å². The molecule has 1 aromatic heterocycles. The van der Waals surface area contributed by atoms with Crippen molar-refractivity contribution < 1.29 is 14.6 Å². The molecule has 0 saturated carbocycles. The van der Waals surface area contributed by atoms with Crippen LogP contribution in [-0.4, -0.2) is 47.6 Å². The number of allylic oxidation sites excluding steroid dienone is 1. The SMILES string of the molecule is C/C=C(/C(=O)CO)[C@H]1C[C@H]2c3[nH]c4cc(Cl)cc(OC)c4c3CCN2C[C@H]1CC. The van der Waals surface area contributed by atoms with Gasteiger partial charge in [0.05, 0.1) is 18.7 Å². The number of H-pyrrole nitrogens is 1. The van der Waals surface area contributed by atoms with Crippen LogP contribution in [0.15, 0.2) is 23.8 Å². The fourth-order valence-electron chi connectivity index (χ4n) is 5.46. The van der Waals surface area contributed by atoms with Crippen LogP contribution in [0, 0.1) is 11.8 Å². The normalized spacial score (nSPS) is 25.0. The van der Waals surface area contributed by atoms with Crippen molar-refractivity contribution in [1.29, 1.82) is 0 Å². The third kappa shape index (κ3) is 3.39. The summed E-state index contributed by atoms with van der Waals surface area (Å²) in [6.45, 7) is 5.64. The van der Waals surface area contributed by atoms with Crippen LogP contribution < -0.4 is 4.74 Å². The number of hydrogen-bond acceptors (Lipinski definition) is 4. The maximum Gasteiger partial charge on any atom is 0.184 e. The Balaban J connectivity index is 1.78. The van der Waals surface area contributed by atoms with Crippen LogP contribution in [-0.2, 0) is 11.2 Å². The molecule has 3 heterocycles. The number of Topliss-reactive ketones (excluding diaryl/α,β-unsaturated/α-hetero) is 1. The fraction of sp³-hybridized carbons (Fsp3) is 0.522. The molecule has 3 atom stereocenters. The second-order valence-corrected chi connectivity index (χ2v) is 8.58. The van der Waals surface area contributed by atoms with E-state index in [0.29, 0.717) is 10.9 Å². The summed E-state index contributed by atoms with van der Waals surface area (Å²) in [5.41, 5.74) is 4.31. The number of aliphatic hydroxyl groups is 1. The zero-order valence-electron chi connectivity index (χ0n) is 17.3. The number of ether oxygens (including phenoxy) is 1. The van der Waals surface area contributed by atoms with Gasteiger partial charge in [0.1, 0.15) is 12.4 Å². The summed E-state index contributed by atoms with van der Waals surface area (Å²) in [7, 11) is 1.68. The van der Waals surface area contributed by atoms with E-state index in [4.69, 9.17) is 16.3 Å². The number of benzene rings is 1. The molecule has 0 spiro atoms. The van der Waals surface area contributed by atoms with Gasteiger partial charge in [0.15, 0.2) is 5.78 Å². The summed E-state index contributed by atoms with van der Waals surface area (Å²) in [4.78, 5) is 18.6. The Hall–Kier alpha value is -1.82. The average Bonchev–Trinajstić information content (AvgIpc) is 3.11. The van der Waals surface area contributed by atoms with Gasteiger partial charge in [-0.1, -0.05) is 31.0 Å². The quantitative estimate of drug-likeness (QED) is 0.714. The Morgan fingerprint density at radius 1 is 1.45 bits per heavy atom. The van der Waals surface area contributed by atoms with Gasteiger partial charge in [-0.15, -0.1) is 0 Å². The first-order chi connectivity index (χ1) is 14.0. The highest BCUT2D eigenvalue weighted by molar-refractivity contribution is 6.31. The van der Waals surface area contributed by atoms with Crippen molar-refractivity contribution in [3.63, 3.8) is 0 Å². The third-order valence-corrected chi connectivity index (χ3v) is 7.04. The molecule has 156 valence electrons. The molecule has 0 bridgehead atoms. The van der Waals surface area contributed by atoms with Crippen molar-refractivity contribution in [3.05, 3.63) is 40.1 Å². The monoisotopic (exact) mass is 416 g/mol. The molecule has 4 rings (SSSR count). The van der Waals surface area contributed by atoms with Crippen LogP contribution in [0.5, 0.6) is 5.75 Å². The number of fused-ring (bicyclic) bond motifs is 5. The number of ketones is 1. The highest BCUT2D eigenvalue weighted by Crippen LogP contribution is 2.47. The molecule has 1 fully saturated rings. The van der Waals surface area contributed by atoms with Gasteiger partial charge in [-0.3, -0.25) is 9.69 Å². The van der Waals surface area contributed by atoms with E-state index < -0.39 is 6.61 Å². The van der Waals surface area contributed by atoms with Crippen molar-refractivity contribution in [2.24, 2.45) is 11.8 Å². The Morgan fingerprint density at radius 2 is 2.24 bits per heavy atom. The van der Waals surface area contributed by atoms with Crippen molar-refractivity contribution in [2.75, 3.05) is 26.8 Å². The number of carbonyl (C=O) groups is 1. The lowest BCUT2D eigenvalue weighted by Crippen LogP contribution is -2.47. The highest BCUT2D eigenvalue weighted by Gasteiger charge is 2.41. The minimum atomic E-state index is -0.422. The maximum atomic E-state index is 12.4. The first-order valence-corrected chi connectivity index (χ1v) is 10.8. The molecule has 1 aromatic carbocycles. The minimum absolute atomic E-state index is 0.148. The smallest absolute Gasteiger partial charge is 0.184 e. The van der Waals surface area contributed by atoms with Crippen LogP contribution in [0.1, 0.15) is 44.0 Å². The molecular weight excluding hydrogens is 388 g/mol. The molecular formula is C23H29ClN2O3. The van der Waals surface area contributed by atoms with Gasteiger partial charge >= 0.3 is 0 Å². The number of piperidine rings is 1. The van der Waals surface area contributed by atoms with E-state index in [-0.39, 0.29) is 17.7 Å². The van der Waals surface area contributed by atoms with Crippen molar-refractivity contribution in [1.82, 2.24) is 9.88 Å². The third-order valence-electron chi connectivity index (χ3n) is 6.82. The first-order valence-electron chi connectivity index (χ1n) is 10.4. The van der Waals surface area contributed by atoms with E-state index in [1.165, 1.54) is 11.3 Å². The van der Waals surface area contributed by atoms with Crippen molar-refractivity contribution in [2.45, 2.75) is 39.2 Å². The van der Waals surface area contributed by atoms with Gasteiger partial charge in [0, 0.05) is 29.2 Å². The lowest BCUT2D eigenvalue weighted by Gasteiger charge is -2.46. The van der Waals surface area contributed by atoms with E-state index >= 15 is 0 Å². The Morgan fingerprint density at radius 3 is 2.90 bits per heavy atom. The molecule has 6 heteroatoms. The van der Waals surface area contributed by atoms with Gasteiger partial charge in [-0.25, -0.2) is 0 Å². The molecule has 0 amide bonds. The van der Waals surface area contributed by atoms with Gasteiger partial charge < -0.3 is 14.8 Å². The number of nitrogens with zero attached hydrogens (tertiary/aromatic N) is 1. The van der Waals surface area contributed by atoms with Gasteiger partial charge in [-0.2, -0.15) is 0 Å². The summed E-state index contributed by atoms with van der Waals surface area (Å²) < 4.78 is 5.63. The van der Waals surface area contributed by atoms with Crippen molar-refractivity contribution >= 4 is 28.3 Å². The predicted molar refractivity (Wildman–Crippen MR) is 116 cm³/mol. The van der Waals surface area contributed by atoms with Crippen LogP contribution in [0.25, 0.3) is 10.9 Å². The standard InChI is InChI=1S/C23H29ClN2O3/c1-4-13-11-26-7-6-16-22-18(8-14(24)9-21(22)29-3)25-23(16)19(26)10-17(13)15(5-2)20(28)12-27/h5,8-9,13,17,19,25,27H,4,6-7,10-12H2,1-3H3/b15-5+/t13-,17+,19+/m1/s1. The molecule has 0 aliphatic carbocycles. The second-order valence-electron chi connectivity index (χ2n) is 8.14. The summed E-state index contributed by atoms with van der Waals surface area (Å²) >= 11 is 6.30. The predicted octanol–water partition coefficient (Wildman–Crippen LogP) is 4.28. The number of aromatic nitrogens is 1. The minimum Gasteiger partial charge on any atom is -0.496 e. The molecule has 29 heavy (non-hydrogen) atoms. The Kier molecular flexibility index (Phi) is 5.74. The summed E-state index contributed by atoms with van der Waals surface area (Å²) in [6, 6.07) is 4.06. The van der Waals surface area contributed by atoms with Crippen LogP contribution >= 0.6 is 11.6 Å². The van der Waals surface area contributed by atoms with Crippen LogP contribution in [0.3, 0.4) is 0 Å². The number of methoxy groups -OCH3 is 1. The van der Waals surface area contributed by atoms with E-state index in [2.05, 4.69) is 16.8 Å². The molecule has 2 aliphatic heterocycles. The summed E-state index contributed by atoms with van der Waals surface area (Å²) in [5.74, 6) is 1.24. The second kappa shape index (κ2) is 8.13. The summed E-state index contributed by atoms with van der Waals surface area (Å²) in [5, 5.41) is 11.2. The van der Waals surface area contributed by atoms with E-state index in [0.717, 1.165) is 54.6 Å². The number of halogens is 1. The highest BCUT2D eigenvalue weighted by atomic mass is 35.5. The Labute approximate surface area is 176 Å². The Bertz CT molecular complexity index is 965. The number of carbonyl (C=O) groups excluding carboxylic acids is 1. The number of hydrogen-bond donors (Lipinski definition) is 2. The molecule has 0 unspecified atom stereocenters. The first kappa shape index (κ1) is 20.5. The van der Waals surface area contributed by atoms with E-state index in [1.54, 1.807) is 7.11 Å². The lowest BCUT2D eigenvalue weighted by atomic mass is 9.73. The zero-order valence-corrected chi connectivity index (χ0v) is 18.1. The topological polar surface area (TPSA) is 65.6 Å². The number of aromatic amines is 1. The molecule has 5 nitrogen and oxygen atoms in total. The average molecular weight is 417 g/mol. The number of rotatable bonds is 5. The van der Waals surface area contributed by atoms with Crippen LogP contribution in [0.4, 0.5) is 0 Å². The molecule has 2 N–H and O–H groups in total. The van der Waals surface area contributed by atoms with Crippen molar-refractivity contribution in [3.8, 4) is 5.75 Å². The van der Waals surface area contributed by atoms with Crippen LogP contribution in [0.2, 0.25) is 5.02 Å². The lowest BCUT2D eigenvalue weighted by molar-refractivity contribution is -0.119. The number of aliphatic hydroxyl groups excluding tert-OH is 1. The van der Waals surface area contributed by atoms with Gasteiger partial charge in [0.2, 0.25) is 0 Å². The zero-order chi connectivity index (χ0) is 20.7. The molecule has 1 saturated heterocycles. The van der Waals surface area contributed by atoms with E-state index in [9.17, 15) is 9.90 Å². The largest absolute Gasteiger partial charge is 0.496 e. The molecule has 2 aromatic rings. The molecule has 2 aliphatic rings. The van der Waals surface area contributed by atoms with Gasteiger partial charge in [0.25, 0.3) is 0 Å². The maximum absolute atomic E-state index is 12.4. The number of nitrogens with one attached hydrogen (secondary N) is 1. The molecule has 0 radical (unpaired) electrons. The van der Waals surface area contributed by atoms with Gasteiger partial charge in [-0.05, 0) is 54.9 Å².